The van der Waals surface area contributed by atoms with Crippen LogP contribution in [-0.2, 0) is 14.4 Å². The van der Waals surface area contributed by atoms with E-state index < -0.39 is 11.3 Å². The molecule has 3 amide bonds. The largest absolute Gasteiger partial charge is 0.345 e. The van der Waals surface area contributed by atoms with Gasteiger partial charge in [0, 0.05) is 12.2 Å². The molecule has 0 aliphatic rings. The van der Waals surface area contributed by atoms with Crippen LogP contribution in [0.4, 0.5) is 5.69 Å². The van der Waals surface area contributed by atoms with E-state index in [1.807, 2.05) is 32.9 Å². The van der Waals surface area contributed by atoms with Gasteiger partial charge in [0.2, 0.25) is 17.7 Å². The van der Waals surface area contributed by atoms with Gasteiger partial charge in [-0.05, 0) is 31.9 Å². The molecule has 0 bridgehead atoms. The minimum Gasteiger partial charge on any atom is -0.345 e. The van der Waals surface area contributed by atoms with Crippen molar-refractivity contribution in [3.05, 3.63) is 29.8 Å². The van der Waals surface area contributed by atoms with Crippen molar-refractivity contribution >= 4 is 35.0 Å². The highest BCUT2D eigenvalue weighted by atomic mass is 35.5. The van der Waals surface area contributed by atoms with E-state index in [9.17, 15) is 14.4 Å². The van der Waals surface area contributed by atoms with Crippen molar-refractivity contribution in [2.75, 3.05) is 25.0 Å². The van der Waals surface area contributed by atoms with Crippen LogP contribution in [0.1, 0.15) is 26.3 Å². The summed E-state index contributed by atoms with van der Waals surface area (Å²) in [4.78, 5) is 37.4. The van der Waals surface area contributed by atoms with Crippen molar-refractivity contribution in [3.63, 3.8) is 0 Å². The summed E-state index contributed by atoms with van der Waals surface area (Å²) in [5.74, 6) is -0.818. The third-order valence-corrected chi connectivity index (χ3v) is 3.54. The van der Waals surface area contributed by atoms with Crippen LogP contribution in [0.2, 0.25) is 0 Å². The lowest BCUT2D eigenvalue weighted by atomic mass is 10.2. The molecule has 0 aromatic heterocycles. The van der Waals surface area contributed by atoms with Gasteiger partial charge in [0.1, 0.15) is 5.38 Å². The molecule has 0 saturated heterocycles. The summed E-state index contributed by atoms with van der Waals surface area (Å²) < 4.78 is 0. The molecule has 1 aromatic rings. The van der Waals surface area contributed by atoms with Crippen molar-refractivity contribution in [1.29, 1.82) is 0 Å². The van der Waals surface area contributed by atoms with Crippen LogP contribution in [0, 0.1) is 12.8 Å². The van der Waals surface area contributed by atoms with Gasteiger partial charge >= 0.3 is 0 Å². The monoisotopic (exact) mass is 367 g/mol. The Morgan fingerprint density at radius 2 is 1.68 bits per heavy atom. The van der Waals surface area contributed by atoms with Crippen LogP contribution in [0.25, 0.3) is 0 Å². The Labute approximate surface area is 153 Å². The number of carbonyl (C=O) groups excluding carboxylic acids is 3. The first-order valence-electron chi connectivity index (χ1n) is 8.25. The maximum absolute atomic E-state index is 12.1. The normalized spacial score (nSPS) is 11.8. The van der Waals surface area contributed by atoms with Crippen molar-refractivity contribution in [2.24, 2.45) is 5.92 Å². The number of rotatable bonds is 8. The Bertz CT molecular complexity index is 600. The van der Waals surface area contributed by atoms with E-state index in [1.54, 1.807) is 19.1 Å². The Morgan fingerprint density at radius 1 is 1.08 bits per heavy atom. The number of nitrogens with one attached hydrogen (secondary N) is 2. The minimum absolute atomic E-state index is 0.119. The fourth-order valence-electron chi connectivity index (χ4n) is 2.17. The number of aryl methyl sites for hydroxylation is 1. The topological polar surface area (TPSA) is 78.5 Å². The van der Waals surface area contributed by atoms with Gasteiger partial charge in [-0.1, -0.05) is 31.5 Å². The van der Waals surface area contributed by atoms with Crippen LogP contribution < -0.4 is 10.6 Å². The molecule has 1 unspecified atom stereocenters. The number of nitrogens with zero attached hydrogens (tertiary/aromatic N) is 1. The first-order chi connectivity index (χ1) is 11.7. The van der Waals surface area contributed by atoms with E-state index in [2.05, 4.69) is 10.6 Å². The molecular weight excluding hydrogens is 342 g/mol. The first-order valence-corrected chi connectivity index (χ1v) is 8.68. The van der Waals surface area contributed by atoms with Gasteiger partial charge < -0.3 is 15.5 Å². The Morgan fingerprint density at radius 3 is 2.20 bits per heavy atom. The molecule has 1 aromatic carbocycles. The predicted octanol–water partition coefficient (Wildman–Crippen LogP) is 2.16. The second kappa shape index (κ2) is 10.0. The number of carbonyl (C=O) groups is 3. The van der Waals surface area contributed by atoms with Crippen LogP contribution in [0.5, 0.6) is 0 Å². The van der Waals surface area contributed by atoms with Crippen molar-refractivity contribution in [2.45, 2.75) is 33.1 Å². The van der Waals surface area contributed by atoms with Crippen LogP contribution in [0.3, 0.4) is 0 Å². The Kier molecular flexibility index (Phi) is 8.41. The molecule has 0 fully saturated rings. The van der Waals surface area contributed by atoms with Gasteiger partial charge in [0.15, 0.2) is 0 Å². The zero-order chi connectivity index (χ0) is 19.0. The summed E-state index contributed by atoms with van der Waals surface area (Å²) in [7, 11) is 0. The molecule has 7 heteroatoms. The number of benzene rings is 1. The molecule has 0 radical (unpaired) electrons. The lowest BCUT2D eigenvalue weighted by Crippen LogP contribution is -2.46. The highest BCUT2D eigenvalue weighted by molar-refractivity contribution is 6.30. The summed E-state index contributed by atoms with van der Waals surface area (Å²) in [6.07, 6.45) is 0. The zero-order valence-corrected chi connectivity index (χ0v) is 15.9. The second-order valence-corrected chi connectivity index (χ2v) is 7.07. The number of anilines is 1. The number of alkyl halides is 1. The van der Waals surface area contributed by atoms with Crippen LogP contribution >= 0.6 is 11.6 Å². The van der Waals surface area contributed by atoms with E-state index in [-0.39, 0.29) is 30.8 Å². The molecule has 0 aliphatic heterocycles. The summed E-state index contributed by atoms with van der Waals surface area (Å²) in [5.41, 5.74) is 1.76. The Hall–Kier alpha value is -2.08. The van der Waals surface area contributed by atoms with Gasteiger partial charge in [0.05, 0.1) is 13.1 Å². The molecule has 1 atom stereocenters. The number of halogens is 1. The summed E-state index contributed by atoms with van der Waals surface area (Å²) in [6.45, 7) is 7.58. The zero-order valence-electron chi connectivity index (χ0n) is 15.1. The second-order valence-electron chi connectivity index (χ2n) is 6.42. The highest BCUT2D eigenvalue weighted by Gasteiger charge is 2.22. The number of hydrogen-bond acceptors (Lipinski definition) is 3. The number of hydrogen-bond donors (Lipinski definition) is 2. The standard InChI is InChI=1S/C18H26ClN3O3/c1-12(2)10-22(18(25)14(4)19)11-17(24)20-9-16(23)21-15-7-5-13(3)6-8-15/h5-8,12,14H,9-11H2,1-4H3,(H,20,24)(H,21,23). The minimum atomic E-state index is -0.698. The van der Waals surface area contributed by atoms with Crippen LogP contribution in [0.15, 0.2) is 24.3 Å². The SMILES string of the molecule is Cc1ccc(NC(=O)CNC(=O)CN(CC(C)C)C(=O)C(C)Cl)cc1. The summed E-state index contributed by atoms with van der Waals surface area (Å²) in [6, 6.07) is 7.35. The predicted molar refractivity (Wildman–Crippen MR) is 99.6 cm³/mol. The molecule has 138 valence electrons. The van der Waals surface area contributed by atoms with E-state index in [1.165, 1.54) is 4.90 Å². The van der Waals surface area contributed by atoms with Gasteiger partial charge in [0.25, 0.3) is 0 Å². The highest BCUT2D eigenvalue weighted by Crippen LogP contribution is 2.08. The van der Waals surface area contributed by atoms with Crippen molar-refractivity contribution in [1.82, 2.24) is 10.2 Å². The summed E-state index contributed by atoms with van der Waals surface area (Å²) in [5, 5.41) is 4.52. The third kappa shape index (κ3) is 8.03. The Balaban J connectivity index is 2.49. The molecule has 0 heterocycles. The van der Waals surface area contributed by atoms with Gasteiger partial charge in [-0.3, -0.25) is 14.4 Å². The van der Waals surface area contributed by atoms with Gasteiger partial charge in [-0.15, -0.1) is 11.6 Å². The molecule has 6 nitrogen and oxygen atoms in total. The van der Waals surface area contributed by atoms with E-state index in [4.69, 9.17) is 11.6 Å². The first kappa shape index (κ1) is 21.0. The molecular formula is C18H26ClN3O3. The quantitative estimate of drug-likeness (QED) is 0.691. The average Bonchev–Trinajstić information content (AvgIpc) is 2.53. The van der Waals surface area contributed by atoms with E-state index in [0.29, 0.717) is 12.2 Å². The fraction of sp³-hybridized carbons (Fsp3) is 0.500. The van der Waals surface area contributed by atoms with Crippen molar-refractivity contribution < 1.29 is 14.4 Å². The lowest BCUT2D eigenvalue weighted by Gasteiger charge is -2.25. The third-order valence-electron chi connectivity index (χ3n) is 3.35. The van der Waals surface area contributed by atoms with E-state index >= 15 is 0 Å². The molecule has 1 rings (SSSR count). The molecule has 0 saturated carbocycles. The fourth-order valence-corrected chi connectivity index (χ4v) is 2.31. The lowest BCUT2D eigenvalue weighted by molar-refractivity contribution is -0.136. The van der Waals surface area contributed by atoms with Crippen molar-refractivity contribution in [3.8, 4) is 0 Å². The smallest absolute Gasteiger partial charge is 0.243 e. The average molecular weight is 368 g/mol. The van der Waals surface area contributed by atoms with E-state index in [0.717, 1.165) is 5.56 Å². The maximum atomic E-state index is 12.1. The van der Waals surface area contributed by atoms with Crippen LogP contribution in [-0.4, -0.2) is 47.6 Å². The maximum Gasteiger partial charge on any atom is 0.243 e. The summed E-state index contributed by atoms with van der Waals surface area (Å²) >= 11 is 5.83. The van der Waals surface area contributed by atoms with Gasteiger partial charge in [-0.25, -0.2) is 0 Å². The molecule has 0 aliphatic carbocycles. The molecule has 0 spiro atoms. The molecule has 25 heavy (non-hydrogen) atoms. The van der Waals surface area contributed by atoms with Gasteiger partial charge in [-0.2, -0.15) is 0 Å². The molecule has 2 N–H and O–H groups in total. The number of amides is 3.